The third kappa shape index (κ3) is 7.65. The Hall–Kier alpha value is -3.74. The van der Waals surface area contributed by atoms with Crippen LogP contribution in [0.15, 0.2) is 71.8 Å². The molecule has 0 aliphatic carbocycles. The van der Waals surface area contributed by atoms with Crippen molar-refractivity contribution in [3.05, 3.63) is 77.9 Å². The number of amides is 2. The Bertz CT molecular complexity index is 862. The molecule has 7 nitrogen and oxygen atoms in total. The number of carbonyl (C=O) groups excluding carboxylic acids is 2. The van der Waals surface area contributed by atoms with Crippen molar-refractivity contribution in [2.45, 2.75) is 12.8 Å². The number of carbonyl (C=O) groups is 3. The van der Waals surface area contributed by atoms with Crippen LogP contribution in [0.4, 0.5) is 0 Å². The lowest BCUT2D eigenvalue weighted by atomic mass is 10.1. The number of nitrogens with one attached hydrogen (secondary N) is 2. The molecule has 0 atom stereocenters. The van der Waals surface area contributed by atoms with Crippen LogP contribution in [0.2, 0.25) is 0 Å². The first kappa shape index (κ1) is 20.6. The van der Waals surface area contributed by atoms with Crippen LogP contribution in [0.3, 0.4) is 0 Å². The summed E-state index contributed by atoms with van der Waals surface area (Å²) in [6.07, 6.45) is 3.05. The molecule has 0 radical (unpaired) electrons. The Kier molecular flexibility index (Phi) is 8.14. The number of rotatable bonds is 9. The monoisotopic (exact) mass is 379 g/mol. The van der Waals surface area contributed by atoms with Crippen LogP contribution in [0.1, 0.15) is 24.0 Å². The van der Waals surface area contributed by atoms with Crippen LogP contribution in [-0.2, 0) is 14.4 Å². The lowest BCUT2D eigenvalue weighted by Crippen LogP contribution is -2.34. The largest absolute Gasteiger partial charge is 0.481 e. The van der Waals surface area contributed by atoms with Gasteiger partial charge in [-0.15, -0.1) is 0 Å². The van der Waals surface area contributed by atoms with Gasteiger partial charge < -0.3 is 10.4 Å². The van der Waals surface area contributed by atoms with Crippen molar-refractivity contribution >= 4 is 29.6 Å². The molecule has 7 heteroatoms. The summed E-state index contributed by atoms with van der Waals surface area (Å²) in [6.45, 7) is -0.248. The van der Waals surface area contributed by atoms with Gasteiger partial charge in [-0.1, -0.05) is 60.7 Å². The van der Waals surface area contributed by atoms with Crippen molar-refractivity contribution in [1.82, 2.24) is 10.7 Å². The van der Waals surface area contributed by atoms with Gasteiger partial charge in [-0.25, -0.2) is 5.43 Å². The fourth-order valence-electron chi connectivity index (χ4n) is 2.25. The molecule has 2 rings (SSSR count). The van der Waals surface area contributed by atoms with Crippen LogP contribution in [0.25, 0.3) is 6.08 Å². The SMILES string of the molecule is O=C(O)CC/C(=N\NC(=O)CNC(=O)/C=C/c1ccccc1)c1ccccc1. The highest BCUT2D eigenvalue weighted by Crippen LogP contribution is 2.06. The second-order valence-electron chi connectivity index (χ2n) is 5.82. The Morgan fingerprint density at radius 1 is 0.929 bits per heavy atom. The van der Waals surface area contributed by atoms with Crippen molar-refractivity contribution < 1.29 is 19.5 Å². The number of carboxylic acid groups (broad SMARTS) is 1. The van der Waals surface area contributed by atoms with Gasteiger partial charge in [-0.2, -0.15) is 5.10 Å². The van der Waals surface area contributed by atoms with E-state index >= 15 is 0 Å². The molecule has 0 aromatic heterocycles. The molecule has 0 bridgehead atoms. The zero-order chi connectivity index (χ0) is 20.2. The summed E-state index contributed by atoms with van der Waals surface area (Å²) < 4.78 is 0. The first-order valence-corrected chi connectivity index (χ1v) is 8.68. The van der Waals surface area contributed by atoms with Crippen molar-refractivity contribution in [3.63, 3.8) is 0 Å². The molecule has 2 amide bonds. The van der Waals surface area contributed by atoms with Gasteiger partial charge >= 0.3 is 5.97 Å². The van der Waals surface area contributed by atoms with Gasteiger partial charge in [-0.05, 0) is 17.2 Å². The fraction of sp³-hybridized carbons (Fsp3) is 0.143. The van der Waals surface area contributed by atoms with Crippen molar-refractivity contribution in [1.29, 1.82) is 0 Å². The molecule has 28 heavy (non-hydrogen) atoms. The standard InChI is InChI=1S/C21H21N3O4/c25-19(13-11-16-7-3-1-4-8-16)22-15-20(26)24-23-18(12-14-21(27)28)17-9-5-2-6-10-17/h1-11,13H,12,14-15H2,(H,22,25)(H,24,26)(H,27,28)/b13-11+,23-18+. The highest BCUT2D eigenvalue weighted by Gasteiger charge is 2.08. The van der Waals surface area contributed by atoms with Gasteiger partial charge in [0, 0.05) is 12.5 Å². The first-order chi connectivity index (χ1) is 13.5. The van der Waals surface area contributed by atoms with E-state index in [9.17, 15) is 14.4 Å². The average Bonchev–Trinajstić information content (AvgIpc) is 2.72. The van der Waals surface area contributed by atoms with E-state index in [0.29, 0.717) is 5.71 Å². The molecule has 0 aliphatic heterocycles. The minimum atomic E-state index is -0.951. The summed E-state index contributed by atoms with van der Waals surface area (Å²) in [4.78, 5) is 34.5. The highest BCUT2D eigenvalue weighted by atomic mass is 16.4. The van der Waals surface area contributed by atoms with E-state index in [1.807, 2.05) is 36.4 Å². The van der Waals surface area contributed by atoms with E-state index in [2.05, 4.69) is 15.8 Å². The van der Waals surface area contributed by atoms with Crippen LogP contribution < -0.4 is 10.7 Å². The Balaban J connectivity index is 1.87. The van der Waals surface area contributed by atoms with Gasteiger partial charge in [0.2, 0.25) is 5.91 Å². The number of benzene rings is 2. The summed E-state index contributed by atoms with van der Waals surface area (Å²) in [5.74, 6) is -1.87. The van der Waals surface area contributed by atoms with Crippen LogP contribution in [-0.4, -0.2) is 35.1 Å². The quantitative estimate of drug-likeness (QED) is 0.353. The summed E-state index contributed by atoms with van der Waals surface area (Å²) in [5.41, 5.74) is 4.40. The lowest BCUT2D eigenvalue weighted by molar-refractivity contribution is -0.136. The number of hydrogen-bond acceptors (Lipinski definition) is 4. The minimum absolute atomic E-state index is 0.107. The van der Waals surface area contributed by atoms with Gasteiger partial charge in [0.15, 0.2) is 0 Å². The molecule has 0 spiro atoms. The number of nitrogens with zero attached hydrogens (tertiary/aromatic N) is 1. The molecule has 2 aromatic carbocycles. The van der Waals surface area contributed by atoms with Crippen molar-refractivity contribution in [3.8, 4) is 0 Å². The Morgan fingerprint density at radius 3 is 2.21 bits per heavy atom. The van der Waals surface area contributed by atoms with Gasteiger partial charge in [0.05, 0.1) is 18.7 Å². The molecule has 0 saturated carbocycles. The molecule has 0 heterocycles. The Morgan fingerprint density at radius 2 is 1.57 bits per heavy atom. The minimum Gasteiger partial charge on any atom is -0.481 e. The highest BCUT2D eigenvalue weighted by molar-refractivity contribution is 6.02. The third-order valence-corrected chi connectivity index (χ3v) is 3.65. The third-order valence-electron chi connectivity index (χ3n) is 3.65. The lowest BCUT2D eigenvalue weighted by Gasteiger charge is -2.07. The average molecular weight is 379 g/mol. The van der Waals surface area contributed by atoms with E-state index in [1.54, 1.807) is 30.3 Å². The van der Waals surface area contributed by atoms with E-state index in [-0.39, 0.29) is 19.4 Å². The molecule has 2 aromatic rings. The second kappa shape index (κ2) is 11.1. The molecular formula is C21H21N3O4. The van der Waals surface area contributed by atoms with Crippen LogP contribution in [0, 0.1) is 0 Å². The number of hydrazone groups is 1. The van der Waals surface area contributed by atoms with Crippen LogP contribution >= 0.6 is 0 Å². The van der Waals surface area contributed by atoms with Crippen molar-refractivity contribution in [2.75, 3.05) is 6.54 Å². The number of hydrogen-bond donors (Lipinski definition) is 3. The van der Waals surface area contributed by atoms with Gasteiger partial charge in [0.25, 0.3) is 5.91 Å². The van der Waals surface area contributed by atoms with E-state index in [1.165, 1.54) is 6.08 Å². The zero-order valence-corrected chi connectivity index (χ0v) is 15.2. The molecule has 0 saturated heterocycles. The topological polar surface area (TPSA) is 108 Å². The maximum absolute atomic E-state index is 11.9. The summed E-state index contributed by atoms with van der Waals surface area (Å²) in [7, 11) is 0. The maximum atomic E-state index is 11.9. The molecule has 0 aliphatic rings. The predicted molar refractivity (Wildman–Crippen MR) is 106 cm³/mol. The molecule has 144 valence electrons. The van der Waals surface area contributed by atoms with E-state index in [4.69, 9.17) is 5.11 Å². The summed E-state index contributed by atoms with van der Waals surface area (Å²) in [5, 5.41) is 15.4. The second-order valence-corrected chi connectivity index (χ2v) is 5.82. The zero-order valence-electron chi connectivity index (χ0n) is 15.2. The number of carboxylic acids is 1. The maximum Gasteiger partial charge on any atom is 0.303 e. The molecule has 3 N–H and O–H groups in total. The van der Waals surface area contributed by atoms with Gasteiger partial charge in [-0.3, -0.25) is 14.4 Å². The van der Waals surface area contributed by atoms with E-state index < -0.39 is 17.8 Å². The molecular weight excluding hydrogens is 358 g/mol. The molecule has 0 unspecified atom stereocenters. The number of aliphatic carboxylic acids is 1. The first-order valence-electron chi connectivity index (χ1n) is 8.68. The van der Waals surface area contributed by atoms with Gasteiger partial charge in [0.1, 0.15) is 0 Å². The fourth-order valence-corrected chi connectivity index (χ4v) is 2.25. The predicted octanol–water partition coefficient (Wildman–Crippen LogP) is 2.20. The Labute approximate surface area is 162 Å². The summed E-state index contributed by atoms with van der Waals surface area (Å²) in [6, 6.07) is 18.3. The normalized spacial score (nSPS) is 11.2. The van der Waals surface area contributed by atoms with Crippen LogP contribution in [0.5, 0.6) is 0 Å². The van der Waals surface area contributed by atoms with Crippen molar-refractivity contribution in [2.24, 2.45) is 5.10 Å². The summed E-state index contributed by atoms with van der Waals surface area (Å²) >= 11 is 0. The molecule has 0 fully saturated rings. The van der Waals surface area contributed by atoms with E-state index in [0.717, 1.165) is 11.1 Å². The smallest absolute Gasteiger partial charge is 0.303 e.